The lowest BCUT2D eigenvalue weighted by Gasteiger charge is -2.14. The Bertz CT molecular complexity index is 147. The van der Waals surface area contributed by atoms with Crippen LogP contribution in [0.5, 0.6) is 0 Å². The first-order chi connectivity index (χ1) is 4.46. The number of rotatable bonds is 3. The fourth-order valence-electron chi connectivity index (χ4n) is 0.611. The van der Waals surface area contributed by atoms with Crippen LogP contribution in [-0.4, -0.2) is 17.0 Å². The number of hydrogen-bond acceptors (Lipinski definition) is 2. The highest BCUT2D eigenvalue weighted by Crippen LogP contribution is 2.10. The molecule has 2 nitrogen and oxygen atoms in total. The standard InChI is InChI=1S/C8H14O2/c1-5(2)8(10)6(3)7(4)9/h5,8,10H,3H2,1-2,4H3. The van der Waals surface area contributed by atoms with Crippen LogP contribution >= 0.6 is 0 Å². The number of hydrogen-bond donors (Lipinski definition) is 1. The van der Waals surface area contributed by atoms with Gasteiger partial charge in [-0.3, -0.25) is 4.79 Å². The minimum atomic E-state index is -0.683. The van der Waals surface area contributed by atoms with Crippen LogP contribution in [0.3, 0.4) is 0 Å². The molecular weight excluding hydrogens is 128 g/mol. The predicted molar refractivity (Wildman–Crippen MR) is 40.7 cm³/mol. The Balaban J connectivity index is 4.08. The number of aliphatic hydroxyl groups is 1. The van der Waals surface area contributed by atoms with Crippen LogP contribution in [-0.2, 0) is 4.79 Å². The number of ketones is 1. The Morgan fingerprint density at radius 3 is 2.00 bits per heavy atom. The molecule has 0 radical (unpaired) electrons. The third-order valence-corrected chi connectivity index (χ3v) is 1.44. The molecule has 0 aliphatic heterocycles. The minimum Gasteiger partial charge on any atom is -0.388 e. The quantitative estimate of drug-likeness (QED) is 0.600. The lowest BCUT2D eigenvalue weighted by atomic mass is 9.98. The zero-order valence-corrected chi connectivity index (χ0v) is 6.72. The maximum Gasteiger partial charge on any atom is 0.157 e. The number of carbonyl (C=O) groups excluding carboxylic acids is 1. The second-order valence-electron chi connectivity index (χ2n) is 2.77. The highest BCUT2D eigenvalue weighted by molar-refractivity contribution is 5.93. The lowest BCUT2D eigenvalue weighted by molar-refractivity contribution is -0.114. The van der Waals surface area contributed by atoms with Crippen molar-refractivity contribution in [1.29, 1.82) is 0 Å². The zero-order valence-electron chi connectivity index (χ0n) is 6.72. The van der Waals surface area contributed by atoms with E-state index < -0.39 is 6.10 Å². The topological polar surface area (TPSA) is 37.3 Å². The van der Waals surface area contributed by atoms with Gasteiger partial charge in [-0.1, -0.05) is 20.4 Å². The molecule has 0 aromatic heterocycles. The first-order valence-electron chi connectivity index (χ1n) is 3.34. The molecule has 58 valence electrons. The molecule has 0 fully saturated rings. The van der Waals surface area contributed by atoms with Crippen molar-refractivity contribution in [3.05, 3.63) is 12.2 Å². The van der Waals surface area contributed by atoms with Gasteiger partial charge in [0.15, 0.2) is 5.78 Å². The summed E-state index contributed by atoms with van der Waals surface area (Å²) in [5.74, 6) is -0.0717. The van der Waals surface area contributed by atoms with Crippen molar-refractivity contribution in [2.24, 2.45) is 5.92 Å². The van der Waals surface area contributed by atoms with Gasteiger partial charge >= 0.3 is 0 Å². The van der Waals surface area contributed by atoms with Gasteiger partial charge < -0.3 is 5.11 Å². The molecule has 0 heterocycles. The van der Waals surface area contributed by atoms with Gasteiger partial charge in [0.2, 0.25) is 0 Å². The third-order valence-electron chi connectivity index (χ3n) is 1.44. The number of Topliss-reactive ketones (excluding diaryl/α,β-unsaturated/α-hetero) is 1. The first kappa shape index (κ1) is 9.37. The summed E-state index contributed by atoms with van der Waals surface area (Å²) in [6.45, 7) is 8.58. The van der Waals surface area contributed by atoms with E-state index in [0.717, 1.165) is 0 Å². The van der Waals surface area contributed by atoms with E-state index in [-0.39, 0.29) is 11.7 Å². The molecule has 1 unspecified atom stereocenters. The van der Waals surface area contributed by atoms with Crippen molar-refractivity contribution in [3.8, 4) is 0 Å². The van der Waals surface area contributed by atoms with Crippen molar-refractivity contribution in [2.75, 3.05) is 0 Å². The van der Waals surface area contributed by atoms with Gasteiger partial charge in [-0.2, -0.15) is 0 Å². The molecule has 2 heteroatoms. The first-order valence-corrected chi connectivity index (χ1v) is 3.34. The van der Waals surface area contributed by atoms with Crippen molar-refractivity contribution in [1.82, 2.24) is 0 Å². The average molecular weight is 142 g/mol. The summed E-state index contributed by atoms with van der Waals surface area (Å²) in [6, 6.07) is 0. The van der Waals surface area contributed by atoms with Crippen LogP contribution in [0.4, 0.5) is 0 Å². The van der Waals surface area contributed by atoms with Crippen LogP contribution in [0, 0.1) is 5.92 Å². The third kappa shape index (κ3) is 2.31. The van der Waals surface area contributed by atoms with Gasteiger partial charge in [0.25, 0.3) is 0 Å². The summed E-state index contributed by atoms with van der Waals surface area (Å²) in [5.41, 5.74) is 0.301. The molecule has 0 aliphatic carbocycles. The molecule has 0 amide bonds. The highest BCUT2D eigenvalue weighted by atomic mass is 16.3. The zero-order chi connectivity index (χ0) is 8.31. The van der Waals surface area contributed by atoms with Crippen molar-refractivity contribution in [3.63, 3.8) is 0 Å². The van der Waals surface area contributed by atoms with Crippen LogP contribution in [0.2, 0.25) is 0 Å². The summed E-state index contributed by atoms with van der Waals surface area (Å²) in [4.78, 5) is 10.6. The molecule has 1 N–H and O–H groups in total. The van der Waals surface area contributed by atoms with Gasteiger partial charge in [-0.25, -0.2) is 0 Å². The summed E-state index contributed by atoms with van der Waals surface area (Å²) in [5, 5.41) is 9.24. The maximum atomic E-state index is 10.6. The Hall–Kier alpha value is -0.630. The summed E-state index contributed by atoms with van der Waals surface area (Å²) in [6.07, 6.45) is -0.683. The molecule has 10 heavy (non-hydrogen) atoms. The molecular formula is C8H14O2. The molecule has 0 bridgehead atoms. The van der Waals surface area contributed by atoms with E-state index in [1.54, 1.807) is 0 Å². The van der Waals surface area contributed by atoms with E-state index in [4.69, 9.17) is 0 Å². The maximum absolute atomic E-state index is 10.6. The Morgan fingerprint density at radius 2 is 1.90 bits per heavy atom. The van der Waals surface area contributed by atoms with Gasteiger partial charge in [0, 0.05) is 5.57 Å². The summed E-state index contributed by atoms with van der Waals surface area (Å²) < 4.78 is 0. The van der Waals surface area contributed by atoms with Crippen LogP contribution in [0.1, 0.15) is 20.8 Å². The van der Waals surface area contributed by atoms with Crippen molar-refractivity contribution < 1.29 is 9.90 Å². The number of aliphatic hydroxyl groups excluding tert-OH is 1. The van der Waals surface area contributed by atoms with Gasteiger partial charge in [0.1, 0.15) is 0 Å². The molecule has 0 rings (SSSR count). The monoisotopic (exact) mass is 142 g/mol. The second kappa shape index (κ2) is 3.52. The average Bonchev–Trinajstić information content (AvgIpc) is 1.84. The fourth-order valence-corrected chi connectivity index (χ4v) is 0.611. The molecule has 0 aromatic carbocycles. The highest BCUT2D eigenvalue weighted by Gasteiger charge is 2.15. The fraction of sp³-hybridized carbons (Fsp3) is 0.625. The van der Waals surface area contributed by atoms with Gasteiger partial charge in [0.05, 0.1) is 6.10 Å². The SMILES string of the molecule is C=C(C(C)=O)C(O)C(C)C. The lowest BCUT2D eigenvalue weighted by Crippen LogP contribution is -2.20. The van der Waals surface area contributed by atoms with E-state index in [2.05, 4.69) is 6.58 Å². The second-order valence-corrected chi connectivity index (χ2v) is 2.77. The van der Waals surface area contributed by atoms with Crippen LogP contribution in [0.25, 0.3) is 0 Å². The summed E-state index contributed by atoms with van der Waals surface area (Å²) >= 11 is 0. The largest absolute Gasteiger partial charge is 0.388 e. The molecule has 0 saturated heterocycles. The smallest absolute Gasteiger partial charge is 0.157 e. The van der Waals surface area contributed by atoms with Crippen LogP contribution < -0.4 is 0 Å². The van der Waals surface area contributed by atoms with E-state index in [9.17, 15) is 9.90 Å². The Labute approximate surface area is 61.6 Å². The van der Waals surface area contributed by atoms with E-state index in [1.807, 2.05) is 13.8 Å². The number of carbonyl (C=O) groups is 1. The van der Waals surface area contributed by atoms with Gasteiger partial charge in [-0.15, -0.1) is 0 Å². The summed E-state index contributed by atoms with van der Waals surface area (Å²) in [7, 11) is 0. The van der Waals surface area contributed by atoms with E-state index in [1.165, 1.54) is 6.92 Å². The Morgan fingerprint density at radius 1 is 1.50 bits per heavy atom. The predicted octanol–water partition coefficient (Wildman–Crippen LogP) is 1.15. The molecule has 0 spiro atoms. The Kier molecular flexibility index (Phi) is 3.30. The van der Waals surface area contributed by atoms with Gasteiger partial charge in [-0.05, 0) is 12.8 Å². The van der Waals surface area contributed by atoms with Crippen molar-refractivity contribution >= 4 is 5.78 Å². The van der Waals surface area contributed by atoms with Crippen molar-refractivity contribution in [2.45, 2.75) is 26.9 Å². The van der Waals surface area contributed by atoms with Crippen LogP contribution in [0.15, 0.2) is 12.2 Å². The van der Waals surface area contributed by atoms with E-state index >= 15 is 0 Å². The normalized spacial score (nSPS) is 13.3. The minimum absolute atomic E-state index is 0.0661. The molecule has 1 atom stereocenters. The molecule has 0 saturated carbocycles. The molecule has 0 aliphatic rings. The molecule has 0 aromatic rings. The van der Waals surface area contributed by atoms with E-state index in [0.29, 0.717) is 5.57 Å².